The van der Waals surface area contributed by atoms with E-state index in [1.807, 2.05) is 0 Å². The van der Waals surface area contributed by atoms with Crippen molar-refractivity contribution in [1.82, 2.24) is 0 Å². The zero-order valence-corrected chi connectivity index (χ0v) is 11.9. The molecule has 5 rings (SSSR count). The van der Waals surface area contributed by atoms with Crippen LogP contribution >= 0.6 is 0 Å². The molecular formula is C22H12. The van der Waals surface area contributed by atoms with Crippen LogP contribution in [0.15, 0.2) is 72.8 Å². The fourth-order valence-corrected chi connectivity index (χ4v) is 3.18. The summed E-state index contributed by atoms with van der Waals surface area (Å²) < 4.78 is 0. The molecule has 100 valence electrons. The van der Waals surface area contributed by atoms with Crippen molar-refractivity contribution >= 4 is 43.1 Å². The van der Waals surface area contributed by atoms with Gasteiger partial charge < -0.3 is 0 Å². The molecule has 2 radical (unpaired) electrons. The van der Waals surface area contributed by atoms with E-state index in [0.29, 0.717) is 0 Å². The molecule has 0 aromatic heterocycles. The predicted octanol–water partition coefficient (Wildman–Crippen LogP) is 5.90. The Bertz CT molecular complexity index is 982. The van der Waals surface area contributed by atoms with Crippen molar-refractivity contribution in [3.05, 3.63) is 84.9 Å². The summed E-state index contributed by atoms with van der Waals surface area (Å²) in [6.07, 6.45) is 0. The highest BCUT2D eigenvalue weighted by molar-refractivity contribution is 6.07. The second kappa shape index (κ2) is 4.32. The standard InChI is InChI=1S/C22H12/c1-2-6-16-10-20-14-22-12-18-8-4-3-7-17(18)11-21(22)13-19(20)9-15(16)5-1/h1-12H. The summed E-state index contributed by atoms with van der Waals surface area (Å²) in [5.74, 6) is 0. The summed E-state index contributed by atoms with van der Waals surface area (Å²) in [7, 11) is 0. The van der Waals surface area contributed by atoms with Crippen molar-refractivity contribution in [2.75, 3.05) is 0 Å². The Hall–Kier alpha value is -2.86. The summed E-state index contributed by atoms with van der Waals surface area (Å²) in [5, 5.41) is 9.50. The molecule has 0 saturated heterocycles. The summed E-state index contributed by atoms with van der Waals surface area (Å²) in [6, 6.07) is 32.8. The molecule has 0 spiro atoms. The van der Waals surface area contributed by atoms with Gasteiger partial charge in [-0.05, 0) is 79.5 Å². The first kappa shape index (κ1) is 11.8. The Kier molecular flexibility index (Phi) is 2.31. The Morgan fingerprint density at radius 1 is 0.409 bits per heavy atom. The maximum absolute atomic E-state index is 3.56. The van der Waals surface area contributed by atoms with Gasteiger partial charge in [-0.3, -0.25) is 0 Å². The van der Waals surface area contributed by atoms with E-state index in [4.69, 9.17) is 0 Å². The van der Waals surface area contributed by atoms with Crippen LogP contribution in [-0.4, -0.2) is 0 Å². The average Bonchev–Trinajstić information content (AvgIpc) is 2.56. The van der Waals surface area contributed by atoms with Crippen LogP contribution in [-0.2, 0) is 0 Å². The van der Waals surface area contributed by atoms with Crippen LogP contribution < -0.4 is 0 Å². The van der Waals surface area contributed by atoms with Crippen molar-refractivity contribution in [3.63, 3.8) is 0 Å². The van der Waals surface area contributed by atoms with Crippen LogP contribution in [0, 0.1) is 12.1 Å². The minimum atomic E-state index is 1.13. The molecule has 0 N–H and O–H groups in total. The fourth-order valence-electron chi connectivity index (χ4n) is 3.18. The van der Waals surface area contributed by atoms with Gasteiger partial charge in [-0.2, -0.15) is 0 Å². The molecule has 0 saturated carbocycles. The molecule has 0 heterocycles. The first-order valence-corrected chi connectivity index (χ1v) is 7.46. The molecule has 0 heteroatoms. The molecule has 0 bridgehead atoms. The number of fused-ring (bicyclic) bond motifs is 4. The molecule has 0 fully saturated rings. The van der Waals surface area contributed by atoms with Crippen molar-refractivity contribution < 1.29 is 0 Å². The van der Waals surface area contributed by atoms with Crippen LogP contribution in [0.25, 0.3) is 43.1 Å². The second-order valence-corrected chi connectivity index (χ2v) is 5.74. The van der Waals surface area contributed by atoms with Crippen LogP contribution in [0.1, 0.15) is 0 Å². The molecule has 0 nitrogen and oxygen atoms in total. The third kappa shape index (κ3) is 1.71. The molecule has 0 aliphatic carbocycles. The second-order valence-electron chi connectivity index (χ2n) is 5.74. The van der Waals surface area contributed by atoms with Crippen molar-refractivity contribution in [2.24, 2.45) is 0 Å². The van der Waals surface area contributed by atoms with E-state index < -0.39 is 0 Å². The fraction of sp³-hybridized carbons (Fsp3) is 0. The van der Waals surface area contributed by atoms with E-state index in [-0.39, 0.29) is 0 Å². The Morgan fingerprint density at radius 3 is 0.955 bits per heavy atom. The number of rotatable bonds is 0. The summed E-state index contributed by atoms with van der Waals surface area (Å²) in [6.45, 7) is 0. The van der Waals surface area contributed by atoms with E-state index in [1.165, 1.54) is 21.5 Å². The van der Waals surface area contributed by atoms with Gasteiger partial charge in [0.25, 0.3) is 0 Å². The monoisotopic (exact) mass is 276 g/mol. The van der Waals surface area contributed by atoms with Gasteiger partial charge in [0.05, 0.1) is 0 Å². The molecule has 0 atom stereocenters. The maximum atomic E-state index is 3.56. The Morgan fingerprint density at radius 2 is 0.682 bits per heavy atom. The lowest BCUT2D eigenvalue weighted by molar-refractivity contribution is 1.77. The predicted molar refractivity (Wildman–Crippen MR) is 94.1 cm³/mol. The lowest BCUT2D eigenvalue weighted by Crippen LogP contribution is -1.81. The van der Waals surface area contributed by atoms with Crippen LogP contribution in [0.5, 0.6) is 0 Å². The smallest absolute Gasteiger partial charge is 0.00134 e. The van der Waals surface area contributed by atoms with Gasteiger partial charge in [0.15, 0.2) is 0 Å². The molecular weight excluding hydrogens is 264 g/mol. The first-order chi connectivity index (χ1) is 10.9. The number of hydrogen-bond donors (Lipinski definition) is 0. The van der Waals surface area contributed by atoms with E-state index in [1.54, 1.807) is 0 Å². The Labute approximate surface area is 128 Å². The van der Waals surface area contributed by atoms with Gasteiger partial charge in [0, 0.05) is 0 Å². The molecule has 5 aromatic rings. The molecule has 22 heavy (non-hydrogen) atoms. The maximum Gasteiger partial charge on any atom is -0.00134 e. The van der Waals surface area contributed by atoms with Crippen LogP contribution in [0.4, 0.5) is 0 Å². The van der Waals surface area contributed by atoms with Gasteiger partial charge in [0.2, 0.25) is 0 Å². The normalized spacial score (nSPS) is 11.6. The van der Waals surface area contributed by atoms with E-state index in [0.717, 1.165) is 21.5 Å². The van der Waals surface area contributed by atoms with Gasteiger partial charge in [0.1, 0.15) is 0 Å². The zero-order chi connectivity index (χ0) is 14.5. The van der Waals surface area contributed by atoms with Gasteiger partial charge in [-0.25, -0.2) is 0 Å². The number of hydrogen-bond acceptors (Lipinski definition) is 0. The van der Waals surface area contributed by atoms with Gasteiger partial charge in [-0.1, -0.05) is 48.5 Å². The third-order valence-electron chi connectivity index (χ3n) is 4.31. The van der Waals surface area contributed by atoms with Crippen molar-refractivity contribution in [3.8, 4) is 0 Å². The Balaban J connectivity index is 1.93. The molecule has 0 aliphatic rings. The van der Waals surface area contributed by atoms with E-state index in [9.17, 15) is 0 Å². The zero-order valence-electron chi connectivity index (χ0n) is 11.9. The highest BCUT2D eigenvalue weighted by Crippen LogP contribution is 2.29. The summed E-state index contributed by atoms with van der Waals surface area (Å²) in [4.78, 5) is 0. The first-order valence-electron chi connectivity index (χ1n) is 7.46. The minimum absolute atomic E-state index is 1.13. The minimum Gasteiger partial charge on any atom is -0.0616 e. The average molecular weight is 276 g/mol. The van der Waals surface area contributed by atoms with Crippen LogP contribution in [0.3, 0.4) is 0 Å². The molecule has 0 unspecified atom stereocenters. The number of benzene rings is 5. The summed E-state index contributed by atoms with van der Waals surface area (Å²) >= 11 is 0. The highest BCUT2D eigenvalue weighted by Gasteiger charge is 2.03. The topological polar surface area (TPSA) is 0 Å². The highest BCUT2D eigenvalue weighted by atomic mass is 14.1. The lowest BCUT2D eigenvalue weighted by Gasteiger charge is -2.06. The van der Waals surface area contributed by atoms with Gasteiger partial charge in [-0.15, -0.1) is 0 Å². The third-order valence-corrected chi connectivity index (χ3v) is 4.31. The lowest BCUT2D eigenvalue weighted by atomic mass is 9.97. The molecule has 0 aliphatic heterocycles. The molecule has 0 amide bonds. The van der Waals surface area contributed by atoms with Crippen LogP contribution in [0.2, 0.25) is 0 Å². The van der Waals surface area contributed by atoms with Crippen molar-refractivity contribution in [1.29, 1.82) is 0 Å². The summed E-state index contributed by atoms with van der Waals surface area (Å²) in [5.41, 5.74) is 0. The van der Waals surface area contributed by atoms with E-state index in [2.05, 4.69) is 84.9 Å². The SMILES string of the molecule is [c]1c2cc3ccccc3cc2[c]c2cc3ccccc3cc12. The van der Waals surface area contributed by atoms with Crippen molar-refractivity contribution in [2.45, 2.75) is 0 Å². The quantitative estimate of drug-likeness (QED) is 0.309. The van der Waals surface area contributed by atoms with Gasteiger partial charge >= 0.3 is 0 Å². The molecule has 5 aromatic carbocycles. The largest absolute Gasteiger partial charge is 0.0616 e. The van der Waals surface area contributed by atoms with E-state index >= 15 is 0 Å².